The van der Waals surface area contributed by atoms with E-state index in [1.54, 1.807) is 0 Å². The number of esters is 1. The zero-order valence-electron chi connectivity index (χ0n) is 19.1. The minimum absolute atomic E-state index is 0.0376. The summed E-state index contributed by atoms with van der Waals surface area (Å²) in [7, 11) is 0. The van der Waals surface area contributed by atoms with Gasteiger partial charge in [-0.05, 0) is 6.42 Å². The van der Waals surface area contributed by atoms with Crippen molar-refractivity contribution in [2.24, 2.45) is 0 Å². The van der Waals surface area contributed by atoms with Gasteiger partial charge < -0.3 is 35.0 Å². The predicted molar refractivity (Wildman–Crippen MR) is 117 cm³/mol. The fourth-order valence-corrected chi connectivity index (χ4v) is 3.81. The van der Waals surface area contributed by atoms with Crippen molar-refractivity contribution in [1.82, 2.24) is 0 Å². The van der Waals surface area contributed by atoms with E-state index in [4.69, 9.17) is 14.6 Å². The first kappa shape index (κ1) is 28.4. The Hall–Kier alpha value is -1.68. The van der Waals surface area contributed by atoms with Crippen molar-refractivity contribution in [1.29, 1.82) is 0 Å². The Kier molecular flexibility index (Phi) is 13.5. The van der Waals surface area contributed by atoms with Gasteiger partial charge in [-0.15, -0.1) is 0 Å². The molecule has 1 unspecified atom stereocenters. The van der Waals surface area contributed by atoms with Gasteiger partial charge in [0.2, 0.25) is 17.3 Å². The number of hydrogen-bond acceptors (Lipinski definition) is 9. The van der Waals surface area contributed by atoms with Gasteiger partial charge in [0, 0.05) is 0 Å². The summed E-state index contributed by atoms with van der Waals surface area (Å²) in [6, 6.07) is 0. The van der Waals surface area contributed by atoms with Crippen molar-refractivity contribution in [2.75, 3.05) is 19.8 Å². The second-order valence-electron chi connectivity index (χ2n) is 8.30. The van der Waals surface area contributed by atoms with Gasteiger partial charge in [0.15, 0.2) is 0 Å². The summed E-state index contributed by atoms with van der Waals surface area (Å²) in [6.45, 7) is 0.247. The molecule has 0 aromatic heterocycles. The summed E-state index contributed by atoms with van der Waals surface area (Å²) in [5.41, 5.74) is -2.60. The summed E-state index contributed by atoms with van der Waals surface area (Å²) >= 11 is 0. The molecule has 0 amide bonds. The first-order chi connectivity index (χ1) is 15.4. The number of hydrogen-bond donors (Lipinski definition) is 5. The molecule has 0 spiro atoms. The number of aliphatic hydroxyl groups is 5. The second kappa shape index (κ2) is 15.2. The summed E-state index contributed by atoms with van der Waals surface area (Å²) in [5.74, 6) is -4.26. The van der Waals surface area contributed by atoms with Crippen LogP contribution < -0.4 is 0 Å². The lowest BCUT2D eigenvalue weighted by molar-refractivity contribution is -0.179. The Labute approximate surface area is 190 Å². The summed E-state index contributed by atoms with van der Waals surface area (Å²) in [6.07, 6.45) is 9.66. The standard InChI is InChI=1S/C23H40O9/c1-2-3-4-5-6-7-8-9-10-11-12-13-14-31-21-19(28)22(30)32-23(21,18(27)16-25)20(29)17(26)15-24/h17-18,24-28H,2-16H2,1H3/t17?,18-,23-/m0/s1. The van der Waals surface area contributed by atoms with Gasteiger partial charge in [-0.1, -0.05) is 77.6 Å². The fourth-order valence-electron chi connectivity index (χ4n) is 3.81. The van der Waals surface area contributed by atoms with Crippen molar-refractivity contribution in [3.8, 4) is 0 Å². The highest BCUT2D eigenvalue weighted by Crippen LogP contribution is 2.37. The number of rotatable bonds is 19. The number of Topliss-reactive ketones (excluding diaryl/α,β-unsaturated/α-hetero) is 1. The van der Waals surface area contributed by atoms with Gasteiger partial charge >= 0.3 is 5.97 Å². The SMILES string of the molecule is CCCCCCCCCCCCCCOC1=C(O)C(=O)O[C@]1(C(=O)C(O)CO)[C@@H](O)CO. The maximum Gasteiger partial charge on any atom is 0.378 e. The lowest BCUT2D eigenvalue weighted by Crippen LogP contribution is -2.58. The molecule has 1 aliphatic heterocycles. The quantitative estimate of drug-likeness (QED) is 0.144. The van der Waals surface area contributed by atoms with Crippen LogP contribution in [0.1, 0.15) is 84.0 Å². The van der Waals surface area contributed by atoms with E-state index in [-0.39, 0.29) is 6.61 Å². The third-order valence-corrected chi connectivity index (χ3v) is 5.73. The number of ketones is 1. The Bertz CT molecular complexity index is 604. The Balaban J connectivity index is 2.45. The van der Waals surface area contributed by atoms with Crippen LogP contribution in [-0.2, 0) is 19.1 Å². The number of carbonyl (C=O) groups is 2. The molecule has 1 aliphatic rings. The van der Waals surface area contributed by atoms with Gasteiger partial charge in [0.25, 0.3) is 5.60 Å². The summed E-state index contributed by atoms with van der Waals surface area (Å²) < 4.78 is 10.3. The molecule has 0 aromatic rings. The number of aliphatic hydroxyl groups excluding tert-OH is 5. The third kappa shape index (κ3) is 7.72. The second-order valence-corrected chi connectivity index (χ2v) is 8.30. The minimum atomic E-state index is -2.60. The van der Waals surface area contributed by atoms with Gasteiger partial charge in [-0.2, -0.15) is 0 Å². The van der Waals surface area contributed by atoms with Crippen molar-refractivity contribution in [2.45, 2.75) is 102 Å². The molecule has 9 heteroatoms. The molecule has 5 N–H and O–H groups in total. The van der Waals surface area contributed by atoms with Crippen LogP contribution in [0.2, 0.25) is 0 Å². The lowest BCUT2D eigenvalue weighted by Gasteiger charge is -2.33. The molecule has 0 bridgehead atoms. The maximum absolute atomic E-state index is 12.6. The molecule has 0 radical (unpaired) electrons. The third-order valence-electron chi connectivity index (χ3n) is 5.73. The number of unbranched alkanes of at least 4 members (excludes halogenated alkanes) is 11. The lowest BCUT2D eigenvalue weighted by atomic mass is 9.87. The average Bonchev–Trinajstić information content (AvgIpc) is 3.06. The van der Waals surface area contributed by atoms with E-state index < -0.39 is 54.3 Å². The Morgan fingerprint density at radius 3 is 1.88 bits per heavy atom. The monoisotopic (exact) mass is 460 g/mol. The molecular formula is C23H40O9. The highest BCUT2D eigenvalue weighted by atomic mass is 16.6. The molecule has 0 aliphatic carbocycles. The van der Waals surface area contributed by atoms with E-state index >= 15 is 0 Å². The zero-order chi connectivity index (χ0) is 24.0. The average molecular weight is 461 g/mol. The number of cyclic esters (lactones) is 1. The Morgan fingerprint density at radius 2 is 1.41 bits per heavy atom. The smallest absolute Gasteiger partial charge is 0.378 e. The number of ether oxygens (including phenoxy) is 2. The van der Waals surface area contributed by atoms with Crippen molar-refractivity contribution < 1.29 is 44.6 Å². The molecule has 3 atom stereocenters. The van der Waals surface area contributed by atoms with Crippen LogP contribution in [0.5, 0.6) is 0 Å². The molecule has 9 nitrogen and oxygen atoms in total. The van der Waals surface area contributed by atoms with E-state index in [0.29, 0.717) is 6.42 Å². The number of carbonyl (C=O) groups excluding carboxylic acids is 2. The molecule has 0 saturated carbocycles. The molecule has 0 fully saturated rings. The van der Waals surface area contributed by atoms with Crippen molar-refractivity contribution >= 4 is 11.8 Å². The highest BCUT2D eigenvalue weighted by Gasteiger charge is 2.61. The first-order valence-corrected chi connectivity index (χ1v) is 11.8. The van der Waals surface area contributed by atoms with E-state index in [0.717, 1.165) is 19.3 Å². The topological polar surface area (TPSA) is 154 Å². The molecule has 186 valence electrons. The van der Waals surface area contributed by atoms with Crippen LogP contribution in [-0.4, -0.2) is 74.9 Å². The Morgan fingerprint density at radius 1 is 0.906 bits per heavy atom. The van der Waals surface area contributed by atoms with Crippen molar-refractivity contribution in [3.05, 3.63) is 11.5 Å². The van der Waals surface area contributed by atoms with Crippen LogP contribution in [0.25, 0.3) is 0 Å². The van der Waals surface area contributed by atoms with Crippen LogP contribution in [0.3, 0.4) is 0 Å². The highest BCUT2D eigenvalue weighted by molar-refractivity contribution is 6.03. The maximum atomic E-state index is 12.6. The van der Waals surface area contributed by atoms with Gasteiger partial charge in [0.1, 0.15) is 12.2 Å². The normalized spacial score (nSPS) is 20.3. The van der Waals surface area contributed by atoms with Gasteiger partial charge in [-0.25, -0.2) is 4.79 Å². The summed E-state index contributed by atoms with van der Waals surface area (Å²) in [5, 5.41) is 48.3. The van der Waals surface area contributed by atoms with E-state index in [2.05, 4.69) is 6.92 Å². The predicted octanol–water partition coefficient (Wildman–Crippen LogP) is 2.04. The van der Waals surface area contributed by atoms with Crippen LogP contribution >= 0.6 is 0 Å². The van der Waals surface area contributed by atoms with Crippen molar-refractivity contribution in [3.63, 3.8) is 0 Å². The van der Waals surface area contributed by atoms with E-state index in [1.165, 1.54) is 51.4 Å². The minimum Gasteiger partial charge on any atom is -0.499 e. The van der Waals surface area contributed by atoms with Gasteiger partial charge in [-0.3, -0.25) is 4.79 Å². The molecule has 0 saturated heterocycles. The molecule has 1 rings (SSSR count). The van der Waals surface area contributed by atoms with Gasteiger partial charge in [0.05, 0.1) is 19.8 Å². The molecule has 1 heterocycles. The summed E-state index contributed by atoms with van der Waals surface area (Å²) in [4.78, 5) is 24.4. The van der Waals surface area contributed by atoms with E-state index in [1.807, 2.05) is 0 Å². The fraction of sp³-hybridized carbons (Fsp3) is 0.826. The zero-order valence-corrected chi connectivity index (χ0v) is 19.1. The van der Waals surface area contributed by atoms with Crippen LogP contribution in [0.4, 0.5) is 0 Å². The molecule has 32 heavy (non-hydrogen) atoms. The molecule has 0 aromatic carbocycles. The first-order valence-electron chi connectivity index (χ1n) is 11.8. The molecular weight excluding hydrogens is 420 g/mol. The van der Waals surface area contributed by atoms with Crippen LogP contribution in [0.15, 0.2) is 11.5 Å². The van der Waals surface area contributed by atoms with Crippen LogP contribution in [0, 0.1) is 0 Å². The van der Waals surface area contributed by atoms with E-state index in [9.17, 15) is 30.0 Å². The largest absolute Gasteiger partial charge is 0.499 e.